The van der Waals surface area contributed by atoms with Gasteiger partial charge in [0.25, 0.3) is 0 Å². The first-order valence-electron chi connectivity index (χ1n) is 16.4. The van der Waals surface area contributed by atoms with Gasteiger partial charge in [0.2, 0.25) is 0 Å². The van der Waals surface area contributed by atoms with Gasteiger partial charge in [0.05, 0.1) is 28.1 Å². The predicted molar refractivity (Wildman–Crippen MR) is 194 cm³/mol. The fourth-order valence-corrected chi connectivity index (χ4v) is 8.07. The highest BCUT2D eigenvalue weighted by molar-refractivity contribution is 5.91. The SMILES string of the molecule is N#Cc1ccc(-c2cccc3c2Oc2ccc(-n4c(-c5ccccc5)nc5ccccc54)cc2C32c3ccccc3-c3ccccc32)cc1. The molecule has 49 heavy (non-hydrogen) atoms. The number of nitriles is 1. The molecule has 1 aromatic heterocycles. The lowest BCUT2D eigenvalue weighted by Gasteiger charge is -2.40. The number of nitrogens with zero attached hydrogens (tertiary/aromatic N) is 3. The van der Waals surface area contributed by atoms with Crippen molar-refractivity contribution in [2.75, 3.05) is 0 Å². The molecule has 0 fully saturated rings. The van der Waals surface area contributed by atoms with E-state index >= 15 is 0 Å². The topological polar surface area (TPSA) is 50.8 Å². The first-order valence-corrected chi connectivity index (χ1v) is 16.4. The highest BCUT2D eigenvalue weighted by atomic mass is 16.5. The molecule has 228 valence electrons. The Labute approximate surface area is 283 Å². The summed E-state index contributed by atoms with van der Waals surface area (Å²) in [5.74, 6) is 2.54. The highest BCUT2D eigenvalue weighted by Crippen LogP contribution is 2.63. The van der Waals surface area contributed by atoms with Gasteiger partial charge in [0, 0.05) is 27.9 Å². The Hall–Kier alpha value is -6.70. The van der Waals surface area contributed by atoms with Crippen LogP contribution in [0, 0.1) is 11.3 Å². The Bertz CT molecular complexity index is 2600. The Morgan fingerprint density at radius 3 is 1.96 bits per heavy atom. The zero-order valence-electron chi connectivity index (χ0n) is 26.3. The maximum atomic E-state index is 9.48. The molecule has 2 heterocycles. The van der Waals surface area contributed by atoms with Crippen molar-refractivity contribution in [2.24, 2.45) is 0 Å². The smallest absolute Gasteiger partial charge is 0.145 e. The first-order chi connectivity index (χ1) is 24.3. The average molecular weight is 626 g/mol. The van der Waals surface area contributed by atoms with E-state index in [1.54, 1.807) is 0 Å². The number of benzene rings is 7. The fraction of sp³-hybridized carbons (Fsp3) is 0.0222. The molecule has 0 unspecified atom stereocenters. The van der Waals surface area contributed by atoms with Crippen molar-refractivity contribution >= 4 is 11.0 Å². The summed E-state index contributed by atoms with van der Waals surface area (Å²) in [6.45, 7) is 0. The maximum absolute atomic E-state index is 9.48. The van der Waals surface area contributed by atoms with Crippen LogP contribution in [-0.2, 0) is 5.41 Å². The van der Waals surface area contributed by atoms with Crippen LogP contribution in [0.15, 0.2) is 164 Å². The van der Waals surface area contributed by atoms with Gasteiger partial charge in [-0.25, -0.2) is 4.98 Å². The lowest BCUT2D eigenvalue weighted by molar-refractivity contribution is 0.438. The minimum Gasteiger partial charge on any atom is -0.456 e. The van der Waals surface area contributed by atoms with Crippen LogP contribution in [0.1, 0.15) is 27.8 Å². The van der Waals surface area contributed by atoms with Crippen LogP contribution in [0.4, 0.5) is 0 Å². The van der Waals surface area contributed by atoms with E-state index in [1.807, 2.05) is 36.4 Å². The van der Waals surface area contributed by atoms with Crippen LogP contribution >= 0.6 is 0 Å². The molecule has 8 aromatic rings. The minimum absolute atomic E-state index is 0.629. The quantitative estimate of drug-likeness (QED) is 0.196. The molecule has 10 rings (SSSR count). The molecule has 0 saturated carbocycles. The summed E-state index contributed by atoms with van der Waals surface area (Å²) >= 11 is 0. The number of aromatic nitrogens is 2. The van der Waals surface area contributed by atoms with Gasteiger partial charge >= 0.3 is 0 Å². The van der Waals surface area contributed by atoms with Gasteiger partial charge < -0.3 is 4.74 Å². The van der Waals surface area contributed by atoms with Crippen molar-refractivity contribution in [1.82, 2.24) is 9.55 Å². The summed E-state index contributed by atoms with van der Waals surface area (Å²) in [6, 6.07) is 59.3. The molecular formula is C45H27N3O. The third-order valence-electron chi connectivity index (χ3n) is 10.1. The van der Waals surface area contributed by atoms with E-state index in [4.69, 9.17) is 9.72 Å². The van der Waals surface area contributed by atoms with Crippen LogP contribution in [-0.4, -0.2) is 9.55 Å². The number of ether oxygens (including phenoxy) is 1. The Morgan fingerprint density at radius 2 is 1.20 bits per heavy atom. The van der Waals surface area contributed by atoms with Crippen LogP contribution < -0.4 is 4.74 Å². The van der Waals surface area contributed by atoms with Crippen molar-refractivity contribution in [3.8, 4) is 56.9 Å². The second-order valence-corrected chi connectivity index (χ2v) is 12.6. The molecule has 2 aliphatic rings. The first kappa shape index (κ1) is 27.4. The summed E-state index contributed by atoms with van der Waals surface area (Å²) in [4.78, 5) is 5.14. The molecule has 0 N–H and O–H groups in total. The van der Waals surface area contributed by atoms with Crippen molar-refractivity contribution in [1.29, 1.82) is 5.26 Å². The van der Waals surface area contributed by atoms with Crippen LogP contribution in [0.5, 0.6) is 11.5 Å². The average Bonchev–Trinajstić information content (AvgIpc) is 3.70. The van der Waals surface area contributed by atoms with Gasteiger partial charge in [-0.3, -0.25) is 4.57 Å². The van der Waals surface area contributed by atoms with Gasteiger partial charge in [0.1, 0.15) is 17.3 Å². The molecule has 0 saturated heterocycles. The van der Waals surface area contributed by atoms with Gasteiger partial charge in [-0.1, -0.05) is 121 Å². The Morgan fingerprint density at radius 1 is 0.551 bits per heavy atom. The fourth-order valence-electron chi connectivity index (χ4n) is 8.07. The predicted octanol–water partition coefficient (Wildman–Crippen LogP) is 10.7. The lowest BCUT2D eigenvalue weighted by atomic mass is 9.65. The molecule has 7 aromatic carbocycles. The molecule has 4 nitrogen and oxygen atoms in total. The standard InChI is InChI=1S/C45H27N3O/c46-28-29-21-23-30(24-22-29)33-15-10-18-38-43(33)49-42-26-25-32(48-41-20-9-8-19-40(41)47-44(48)31-11-2-1-3-12-31)27-39(42)45(38)36-16-6-4-13-34(36)35-14-5-7-17-37(35)45/h1-27H. The van der Waals surface area contributed by atoms with Crippen LogP contribution in [0.3, 0.4) is 0 Å². The van der Waals surface area contributed by atoms with E-state index in [-0.39, 0.29) is 0 Å². The third-order valence-corrected chi connectivity index (χ3v) is 10.1. The Kier molecular flexibility index (Phi) is 5.82. The molecule has 1 aliphatic heterocycles. The van der Waals surface area contributed by atoms with E-state index in [0.29, 0.717) is 5.56 Å². The molecule has 1 aliphatic carbocycles. The molecular weight excluding hydrogens is 599 g/mol. The number of fused-ring (bicyclic) bond motifs is 10. The summed E-state index contributed by atoms with van der Waals surface area (Å²) in [5.41, 5.74) is 13.1. The third kappa shape index (κ3) is 3.82. The van der Waals surface area contributed by atoms with E-state index in [9.17, 15) is 5.26 Å². The normalized spacial score (nSPS) is 13.2. The number of hydrogen-bond acceptors (Lipinski definition) is 3. The molecule has 0 amide bonds. The monoisotopic (exact) mass is 625 g/mol. The van der Waals surface area contributed by atoms with E-state index in [1.165, 1.54) is 22.3 Å². The highest BCUT2D eigenvalue weighted by Gasteiger charge is 2.51. The van der Waals surface area contributed by atoms with Gasteiger partial charge in [0.15, 0.2) is 0 Å². The Balaban J connectivity index is 1.30. The van der Waals surface area contributed by atoms with Gasteiger partial charge in [-0.15, -0.1) is 0 Å². The second kappa shape index (κ2) is 10.4. The van der Waals surface area contributed by atoms with Crippen molar-refractivity contribution in [2.45, 2.75) is 5.41 Å². The van der Waals surface area contributed by atoms with E-state index in [2.05, 4.69) is 138 Å². The largest absolute Gasteiger partial charge is 0.456 e. The van der Waals surface area contributed by atoms with Crippen molar-refractivity contribution < 1.29 is 4.74 Å². The summed E-state index contributed by atoms with van der Waals surface area (Å²) in [5, 5.41) is 9.48. The van der Waals surface area contributed by atoms with Gasteiger partial charge in [-0.05, 0) is 70.3 Å². The summed E-state index contributed by atoms with van der Waals surface area (Å²) in [7, 11) is 0. The second-order valence-electron chi connectivity index (χ2n) is 12.6. The van der Waals surface area contributed by atoms with Gasteiger partial charge in [-0.2, -0.15) is 5.26 Å². The zero-order chi connectivity index (χ0) is 32.5. The van der Waals surface area contributed by atoms with E-state index < -0.39 is 5.41 Å². The van der Waals surface area contributed by atoms with Crippen LogP contribution in [0.25, 0.3) is 50.4 Å². The van der Waals surface area contributed by atoms with Crippen molar-refractivity contribution in [3.63, 3.8) is 0 Å². The minimum atomic E-state index is -0.641. The zero-order valence-corrected chi connectivity index (χ0v) is 26.3. The summed E-state index contributed by atoms with van der Waals surface area (Å²) < 4.78 is 9.29. The summed E-state index contributed by atoms with van der Waals surface area (Å²) in [6.07, 6.45) is 0. The van der Waals surface area contributed by atoms with E-state index in [0.717, 1.165) is 61.9 Å². The number of para-hydroxylation sites is 3. The number of rotatable bonds is 3. The maximum Gasteiger partial charge on any atom is 0.145 e. The molecule has 0 bridgehead atoms. The number of imidazole rings is 1. The molecule has 0 atom stereocenters. The van der Waals surface area contributed by atoms with Crippen molar-refractivity contribution in [3.05, 3.63) is 192 Å². The molecule has 4 heteroatoms. The molecule has 1 spiro atoms. The lowest BCUT2D eigenvalue weighted by Crippen LogP contribution is -2.32. The van der Waals surface area contributed by atoms with Crippen LogP contribution in [0.2, 0.25) is 0 Å². The molecule has 0 radical (unpaired) electrons. The number of hydrogen-bond donors (Lipinski definition) is 0.